The van der Waals surface area contributed by atoms with Crippen molar-refractivity contribution in [3.05, 3.63) is 11.9 Å². The molecule has 0 spiro atoms. The van der Waals surface area contributed by atoms with Crippen molar-refractivity contribution in [2.24, 2.45) is 11.8 Å². The molecule has 1 aliphatic carbocycles. The van der Waals surface area contributed by atoms with Crippen molar-refractivity contribution in [3.8, 4) is 5.88 Å². The van der Waals surface area contributed by atoms with E-state index in [1.807, 2.05) is 19.9 Å². The number of hydrogen-bond donors (Lipinski definition) is 1. The minimum absolute atomic E-state index is 0.635. The van der Waals surface area contributed by atoms with Crippen LogP contribution in [0.25, 0.3) is 0 Å². The summed E-state index contributed by atoms with van der Waals surface area (Å²) in [5, 5.41) is 3.44. The van der Waals surface area contributed by atoms with Crippen LogP contribution in [0.3, 0.4) is 0 Å². The maximum atomic E-state index is 5.45. The Morgan fingerprint density at radius 3 is 2.95 bits per heavy atom. The number of ether oxygens (including phenoxy) is 1. The van der Waals surface area contributed by atoms with Crippen LogP contribution in [-0.2, 0) is 0 Å². The molecular formula is C15H25N3O. The van der Waals surface area contributed by atoms with Crippen molar-refractivity contribution in [1.29, 1.82) is 0 Å². The molecule has 1 saturated carbocycles. The van der Waals surface area contributed by atoms with Crippen molar-refractivity contribution in [1.82, 2.24) is 9.97 Å². The molecule has 1 fully saturated rings. The summed E-state index contributed by atoms with van der Waals surface area (Å²) >= 11 is 0. The second kappa shape index (κ2) is 6.73. The van der Waals surface area contributed by atoms with Gasteiger partial charge in [0.05, 0.1) is 6.61 Å². The van der Waals surface area contributed by atoms with Gasteiger partial charge in [-0.05, 0) is 38.5 Å². The molecule has 1 aliphatic rings. The molecule has 0 aliphatic heterocycles. The van der Waals surface area contributed by atoms with Gasteiger partial charge in [-0.15, -0.1) is 0 Å². The molecule has 2 unspecified atom stereocenters. The van der Waals surface area contributed by atoms with E-state index < -0.39 is 0 Å². The Bertz CT molecular complexity index is 408. The Kier molecular flexibility index (Phi) is 5.00. The number of aromatic nitrogens is 2. The minimum Gasteiger partial charge on any atom is -0.478 e. The summed E-state index contributed by atoms with van der Waals surface area (Å²) in [6.07, 6.45) is 5.41. The number of hydrogen-bond acceptors (Lipinski definition) is 4. The molecule has 19 heavy (non-hydrogen) atoms. The Morgan fingerprint density at radius 2 is 2.21 bits per heavy atom. The van der Waals surface area contributed by atoms with Crippen molar-refractivity contribution >= 4 is 5.82 Å². The molecule has 1 aromatic heterocycles. The van der Waals surface area contributed by atoms with Crippen LogP contribution < -0.4 is 10.1 Å². The van der Waals surface area contributed by atoms with Gasteiger partial charge in [-0.1, -0.05) is 19.8 Å². The molecule has 0 amide bonds. The summed E-state index contributed by atoms with van der Waals surface area (Å²) in [4.78, 5) is 8.67. The van der Waals surface area contributed by atoms with Crippen LogP contribution in [0.5, 0.6) is 5.88 Å². The molecule has 1 aromatic rings. The molecule has 4 nitrogen and oxygen atoms in total. The Morgan fingerprint density at radius 1 is 1.37 bits per heavy atom. The average Bonchev–Trinajstić information content (AvgIpc) is 2.36. The zero-order chi connectivity index (χ0) is 13.7. The van der Waals surface area contributed by atoms with Crippen molar-refractivity contribution < 1.29 is 4.74 Å². The molecule has 106 valence electrons. The molecule has 0 saturated heterocycles. The number of anilines is 1. The van der Waals surface area contributed by atoms with Crippen molar-refractivity contribution in [2.45, 2.75) is 46.5 Å². The first kappa shape index (κ1) is 14.1. The van der Waals surface area contributed by atoms with E-state index in [2.05, 4.69) is 22.2 Å². The summed E-state index contributed by atoms with van der Waals surface area (Å²) in [5.74, 6) is 3.94. The van der Waals surface area contributed by atoms with Crippen LogP contribution in [0.1, 0.15) is 45.4 Å². The Balaban J connectivity index is 1.91. The summed E-state index contributed by atoms with van der Waals surface area (Å²) in [7, 11) is 0. The quantitative estimate of drug-likeness (QED) is 0.884. The van der Waals surface area contributed by atoms with Gasteiger partial charge in [0.1, 0.15) is 11.6 Å². The molecule has 2 atom stereocenters. The topological polar surface area (TPSA) is 47.0 Å². The highest BCUT2D eigenvalue weighted by Crippen LogP contribution is 2.28. The van der Waals surface area contributed by atoms with Crippen molar-refractivity contribution in [2.75, 3.05) is 18.5 Å². The van der Waals surface area contributed by atoms with Crippen molar-refractivity contribution in [3.63, 3.8) is 0 Å². The van der Waals surface area contributed by atoms with Crippen LogP contribution in [0.2, 0.25) is 0 Å². The van der Waals surface area contributed by atoms with Gasteiger partial charge in [-0.2, -0.15) is 4.98 Å². The lowest BCUT2D eigenvalue weighted by atomic mass is 9.82. The average molecular weight is 263 g/mol. The monoisotopic (exact) mass is 263 g/mol. The lowest BCUT2D eigenvalue weighted by molar-refractivity contribution is 0.293. The first-order valence-corrected chi connectivity index (χ1v) is 7.39. The van der Waals surface area contributed by atoms with Gasteiger partial charge in [-0.25, -0.2) is 4.98 Å². The molecule has 0 radical (unpaired) electrons. The fourth-order valence-electron chi connectivity index (χ4n) is 2.85. The molecule has 0 aromatic carbocycles. The third-order valence-electron chi connectivity index (χ3n) is 3.72. The number of nitrogens with one attached hydrogen (secondary N) is 1. The SMILES string of the molecule is CCOc1cc(NCC2CCCC(C)C2)nc(C)n1. The maximum Gasteiger partial charge on any atom is 0.218 e. The normalized spacial score (nSPS) is 23.1. The van der Waals surface area contributed by atoms with E-state index in [0.29, 0.717) is 12.5 Å². The molecule has 2 rings (SSSR count). The third-order valence-corrected chi connectivity index (χ3v) is 3.72. The molecule has 1 N–H and O–H groups in total. The largest absolute Gasteiger partial charge is 0.478 e. The van der Waals surface area contributed by atoms with E-state index in [-0.39, 0.29) is 0 Å². The number of nitrogens with zero attached hydrogens (tertiary/aromatic N) is 2. The van der Waals surface area contributed by atoms with Gasteiger partial charge in [0.15, 0.2) is 0 Å². The molecule has 1 heterocycles. The van der Waals surface area contributed by atoms with E-state index in [9.17, 15) is 0 Å². The first-order valence-electron chi connectivity index (χ1n) is 7.39. The highest BCUT2D eigenvalue weighted by atomic mass is 16.5. The van der Waals surface area contributed by atoms with E-state index in [1.54, 1.807) is 0 Å². The molecular weight excluding hydrogens is 238 g/mol. The predicted octanol–water partition coefficient (Wildman–Crippen LogP) is 3.42. The summed E-state index contributed by atoms with van der Waals surface area (Å²) < 4.78 is 5.45. The standard InChI is InChI=1S/C15H25N3O/c1-4-19-15-9-14(17-12(3)18-15)16-10-13-7-5-6-11(2)8-13/h9,11,13H,4-8,10H2,1-3H3,(H,16,17,18). The molecule has 4 heteroatoms. The highest BCUT2D eigenvalue weighted by molar-refractivity contribution is 5.38. The summed E-state index contributed by atoms with van der Waals surface area (Å²) in [6.45, 7) is 7.86. The van der Waals surface area contributed by atoms with Gasteiger partial charge >= 0.3 is 0 Å². The Labute approximate surface area is 116 Å². The first-order chi connectivity index (χ1) is 9.17. The number of rotatable bonds is 5. The summed E-state index contributed by atoms with van der Waals surface area (Å²) in [5.41, 5.74) is 0. The van der Waals surface area contributed by atoms with Gasteiger partial charge in [0.25, 0.3) is 0 Å². The van der Waals surface area contributed by atoms with Crippen LogP contribution in [0.4, 0.5) is 5.82 Å². The second-order valence-electron chi connectivity index (χ2n) is 5.59. The van der Waals surface area contributed by atoms with E-state index in [1.165, 1.54) is 25.7 Å². The van der Waals surface area contributed by atoms with Gasteiger partial charge in [0.2, 0.25) is 5.88 Å². The van der Waals surface area contributed by atoms with Crippen LogP contribution >= 0.6 is 0 Å². The number of aryl methyl sites for hydroxylation is 1. The summed E-state index contributed by atoms with van der Waals surface area (Å²) in [6, 6.07) is 1.89. The Hall–Kier alpha value is -1.32. The van der Waals surface area contributed by atoms with Gasteiger partial charge in [-0.3, -0.25) is 0 Å². The van der Waals surface area contributed by atoms with Gasteiger partial charge in [0, 0.05) is 12.6 Å². The van der Waals surface area contributed by atoms with Crippen LogP contribution in [0, 0.1) is 18.8 Å². The smallest absolute Gasteiger partial charge is 0.218 e. The zero-order valence-electron chi connectivity index (χ0n) is 12.3. The van der Waals surface area contributed by atoms with Crippen LogP contribution in [0.15, 0.2) is 6.07 Å². The third kappa shape index (κ3) is 4.37. The highest BCUT2D eigenvalue weighted by Gasteiger charge is 2.18. The van der Waals surface area contributed by atoms with Crippen LogP contribution in [-0.4, -0.2) is 23.1 Å². The maximum absolute atomic E-state index is 5.45. The lowest BCUT2D eigenvalue weighted by Crippen LogP contribution is -2.21. The van der Waals surface area contributed by atoms with E-state index in [4.69, 9.17) is 4.74 Å². The predicted molar refractivity (Wildman–Crippen MR) is 77.5 cm³/mol. The van der Waals surface area contributed by atoms with E-state index in [0.717, 1.165) is 30.0 Å². The van der Waals surface area contributed by atoms with E-state index >= 15 is 0 Å². The minimum atomic E-state index is 0.635. The molecule has 0 bridgehead atoms. The van der Waals surface area contributed by atoms with Gasteiger partial charge < -0.3 is 10.1 Å². The fraction of sp³-hybridized carbons (Fsp3) is 0.733. The zero-order valence-corrected chi connectivity index (χ0v) is 12.3. The second-order valence-corrected chi connectivity index (χ2v) is 5.59. The fourth-order valence-corrected chi connectivity index (χ4v) is 2.85. The lowest BCUT2D eigenvalue weighted by Gasteiger charge is -2.27.